The van der Waals surface area contributed by atoms with Crippen molar-refractivity contribution in [3.8, 4) is 17.0 Å². The molecule has 1 fully saturated rings. The molecule has 0 N–H and O–H groups in total. The van der Waals surface area contributed by atoms with Crippen LogP contribution in [0.3, 0.4) is 0 Å². The lowest BCUT2D eigenvalue weighted by Crippen LogP contribution is -2.42. The average Bonchev–Trinajstić information content (AvgIpc) is 2.70. The van der Waals surface area contributed by atoms with Crippen LogP contribution in [-0.2, 0) is 13.5 Å². The maximum absolute atomic E-state index is 6.88. The first-order valence-corrected chi connectivity index (χ1v) is 10.4. The highest BCUT2D eigenvalue weighted by atomic mass is 16.5. The second-order valence-electron chi connectivity index (χ2n) is 8.43. The van der Waals surface area contributed by atoms with Gasteiger partial charge in [0.2, 0.25) is 11.2 Å². The predicted molar refractivity (Wildman–Crippen MR) is 110 cm³/mol. The number of para-hydroxylation sites is 1. The van der Waals surface area contributed by atoms with Gasteiger partial charge in [-0.25, -0.2) is 0 Å². The van der Waals surface area contributed by atoms with E-state index in [1.165, 1.54) is 71.8 Å². The number of nitrogens with zero attached hydrogens (tertiary/aromatic N) is 1. The lowest BCUT2D eigenvalue weighted by atomic mass is 9.78. The Hall–Kier alpha value is -2.35. The third-order valence-electron chi connectivity index (χ3n) is 6.72. The first kappa shape index (κ1) is 16.8. The topological polar surface area (TPSA) is 13.1 Å². The zero-order valence-electron chi connectivity index (χ0n) is 16.4. The van der Waals surface area contributed by atoms with Gasteiger partial charge in [-0.2, -0.15) is 4.57 Å². The largest absolute Gasteiger partial charge is 0.486 e. The van der Waals surface area contributed by atoms with E-state index in [0.29, 0.717) is 0 Å². The second kappa shape index (κ2) is 6.37. The maximum Gasteiger partial charge on any atom is 0.216 e. The van der Waals surface area contributed by atoms with Crippen molar-refractivity contribution >= 4 is 10.9 Å². The molecule has 0 amide bonds. The summed E-state index contributed by atoms with van der Waals surface area (Å²) < 4.78 is 9.20. The summed E-state index contributed by atoms with van der Waals surface area (Å²) in [6.45, 7) is 2.22. The van der Waals surface area contributed by atoms with E-state index in [1.54, 1.807) is 0 Å². The van der Waals surface area contributed by atoms with E-state index in [0.717, 1.165) is 12.2 Å². The first-order chi connectivity index (χ1) is 13.2. The third kappa shape index (κ3) is 2.74. The fraction of sp³-hybridized carbons (Fsp3) is 0.400. The van der Waals surface area contributed by atoms with Crippen LogP contribution >= 0.6 is 0 Å². The minimum atomic E-state index is 0.0726. The standard InChI is InChI=1S/C25H28NO/c1-18-10-11-20-14-17-25(15-6-3-7-16-25)27-24(20)23(18)22-13-12-19-8-4-5-9-21(19)26(22)2/h4-5,8-13H,3,6-7,14-17H2,1-2H3/q+1. The molecule has 27 heavy (non-hydrogen) atoms. The van der Waals surface area contributed by atoms with Gasteiger partial charge in [-0.1, -0.05) is 30.7 Å². The lowest BCUT2D eigenvalue weighted by Gasteiger charge is -2.42. The van der Waals surface area contributed by atoms with Crippen LogP contribution in [0.5, 0.6) is 5.75 Å². The van der Waals surface area contributed by atoms with Crippen molar-refractivity contribution < 1.29 is 9.30 Å². The van der Waals surface area contributed by atoms with Gasteiger partial charge in [0.25, 0.3) is 0 Å². The number of hydrogen-bond donors (Lipinski definition) is 0. The number of aromatic nitrogens is 1. The molecule has 5 rings (SSSR count). The Balaban J connectivity index is 1.69. The number of ether oxygens (including phenoxy) is 1. The second-order valence-corrected chi connectivity index (χ2v) is 8.43. The van der Waals surface area contributed by atoms with Gasteiger partial charge >= 0.3 is 0 Å². The zero-order chi connectivity index (χ0) is 18.4. The number of hydrogen-bond acceptors (Lipinski definition) is 1. The zero-order valence-corrected chi connectivity index (χ0v) is 16.4. The summed E-state index contributed by atoms with van der Waals surface area (Å²) in [5.41, 5.74) is 6.53. The molecule has 0 unspecified atom stereocenters. The predicted octanol–water partition coefficient (Wildman–Crippen LogP) is 5.67. The van der Waals surface area contributed by atoms with Crippen molar-refractivity contribution in [2.45, 2.75) is 57.5 Å². The SMILES string of the molecule is Cc1ccc2c(c1-c1ccc3ccccc3[n+]1C)OC1(CCCCC1)CC2. The molecule has 1 aromatic heterocycles. The Morgan fingerprint density at radius 1 is 0.889 bits per heavy atom. The van der Waals surface area contributed by atoms with Crippen LogP contribution in [-0.4, -0.2) is 5.60 Å². The van der Waals surface area contributed by atoms with Crippen molar-refractivity contribution in [2.75, 3.05) is 0 Å². The summed E-state index contributed by atoms with van der Waals surface area (Å²) in [5, 5.41) is 1.27. The van der Waals surface area contributed by atoms with Crippen LogP contribution in [0, 0.1) is 6.92 Å². The Morgan fingerprint density at radius 3 is 2.56 bits per heavy atom. The van der Waals surface area contributed by atoms with E-state index in [2.05, 4.69) is 67.1 Å². The van der Waals surface area contributed by atoms with Crippen LogP contribution in [0.15, 0.2) is 48.5 Å². The highest BCUT2D eigenvalue weighted by molar-refractivity contribution is 5.79. The van der Waals surface area contributed by atoms with Gasteiger partial charge in [-0.15, -0.1) is 0 Å². The summed E-state index contributed by atoms with van der Waals surface area (Å²) in [4.78, 5) is 0. The summed E-state index contributed by atoms with van der Waals surface area (Å²) in [6, 6.07) is 17.7. The molecule has 1 saturated carbocycles. The number of rotatable bonds is 1. The van der Waals surface area contributed by atoms with E-state index >= 15 is 0 Å². The van der Waals surface area contributed by atoms with E-state index in [9.17, 15) is 0 Å². The fourth-order valence-corrected chi connectivity index (χ4v) is 5.13. The van der Waals surface area contributed by atoms with Crippen molar-refractivity contribution in [3.05, 3.63) is 59.7 Å². The van der Waals surface area contributed by atoms with E-state index in [-0.39, 0.29) is 5.60 Å². The van der Waals surface area contributed by atoms with Gasteiger partial charge in [-0.3, -0.25) is 0 Å². The minimum Gasteiger partial charge on any atom is -0.486 e. The van der Waals surface area contributed by atoms with Gasteiger partial charge in [0.15, 0.2) is 0 Å². The maximum atomic E-state index is 6.88. The summed E-state index contributed by atoms with van der Waals surface area (Å²) >= 11 is 0. The molecule has 1 aliphatic heterocycles. The van der Waals surface area contributed by atoms with Crippen LogP contribution in [0.25, 0.3) is 22.2 Å². The molecule has 0 saturated heterocycles. The normalized spacial score (nSPS) is 18.3. The van der Waals surface area contributed by atoms with Crippen LogP contribution in [0.4, 0.5) is 0 Å². The highest BCUT2D eigenvalue weighted by Gasteiger charge is 2.39. The fourth-order valence-electron chi connectivity index (χ4n) is 5.13. The average molecular weight is 359 g/mol. The van der Waals surface area contributed by atoms with E-state index < -0.39 is 0 Å². The van der Waals surface area contributed by atoms with Crippen LogP contribution < -0.4 is 9.30 Å². The molecule has 1 aliphatic carbocycles. The van der Waals surface area contributed by atoms with Crippen molar-refractivity contribution in [1.29, 1.82) is 0 Å². The Morgan fingerprint density at radius 2 is 1.70 bits per heavy atom. The number of aryl methyl sites for hydroxylation is 3. The summed E-state index contributed by atoms with van der Waals surface area (Å²) in [7, 11) is 2.18. The van der Waals surface area contributed by atoms with Crippen molar-refractivity contribution in [3.63, 3.8) is 0 Å². The van der Waals surface area contributed by atoms with E-state index in [1.807, 2.05) is 0 Å². The number of pyridine rings is 1. The molecule has 2 aliphatic rings. The molecular formula is C25H28NO+. The highest BCUT2D eigenvalue weighted by Crippen LogP contribution is 2.46. The smallest absolute Gasteiger partial charge is 0.216 e. The van der Waals surface area contributed by atoms with Crippen molar-refractivity contribution in [1.82, 2.24) is 0 Å². The van der Waals surface area contributed by atoms with Crippen molar-refractivity contribution in [2.24, 2.45) is 7.05 Å². The molecule has 2 heteroatoms. The molecule has 0 radical (unpaired) electrons. The molecular weight excluding hydrogens is 330 g/mol. The van der Waals surface area contributed by atoms with Gasteiger partial charge in [0.05, 0.1) is 5.56 Å². The third-order valence-corrected chi connectivity index (χ3v) is 6.72. The minimum absolute atomic E-state index is 0.0726. The molecule has 0 atom stereocenters. The quantitative estimate of drug-likeness (QED) is 0.511. The van der Waals surface area contributed by atoms with Gasteiger partial charge in [0, 0.05) is 17.5 Å². The Labute approximate surface area is 161 Å². The first-order valence-electron chi connectivity index (χ1n) is 10.4. The number of fused-ring (bicyclic) bond motifs is 2. The van der Waals surface area contributed by atoms with Gasteiger partial charge < -0.3 is 4.74 Å². The monoisotopic (exact) mass is 358 g/mol. The molecule has 2 nitrogen and oxygen atoms in total. The molecule has 0 bridgehead atoms. The summed E-state index contributed by atoms with van der Waals surface area (Å²) in [5.74, 6) is 1.15. The lowest BCUT2D eigenvalue weighted by molar-refractivity contribution is -0.633. The van der Waals surface area contributed by atoms with Gasteiger partial charge in [-0.05, 0) is 68.7 Å². The molecule has 2 aromatic carbocycles. The molecule has 1 spiro atoms. The molecule has 3 aromatic rings. The van der Waals surface area contributed by atoms with Crippen LogP contribution in [0.1, 0.15) is 49.7 Å². The number of benzene rings is 2. The molecule has 138 valence electrons. The Bertz CT molecular complexity index is 1010. The Kier molecular flexibility index (Phi) is 3.96. The van der Waals surface area contributed by atoms with Crippen LogP contribution in [0.2, 0.25) is 0 Å². The van der Waals surface area contributed by atoms with E-state index in [4.69, 9.17) is 4.74 Å². The molecule has 2 heterocycles. The van der Waals surface area contributed by atoms with Gasteiger partial charge in [0.1, 0.15) is 18.4 Å². The summed E-state index contributed by atoms with van der Waals surface area (Å²) in [6.07, 6.45) is 8.71.